The lowest BCUT2D eigenvalue weighted by atomic mass is 10.1. The highest BCUT2D eigenvalue weighted by Gasteiger charge is 2.27. The summed E-state index contributed by atoms with van der Waals surface area (Å²) in [6, 6.07) is 1.45. The Kier molecular flexibility index (Phi) is 4.95. The number of ether oxygens (including phenoxy) is 1. The number of amides is 1. The van der Waals surface area contributed by atoms with Crippen LogP contribution in [0, 0.1) is 0 Å². The third-order valence-corrected chi connectivity index (χ3v) is 3.40. The summed E-state index contributed by atoms with van der Waals surface area (Å²) < 4.78 is 5.38. The fourth-order valence-electron chi connectivity index (χ4n) is 2.30. The summed E-state index contributed by atoms with van der Waals surface area (Å²) in [6.07, 6.45) is 1.37. The number of piperidine rings is 1. The number of aromatic amines is 1. The molecular formula is C14H21ClN4O3. The van der Waals surface area contributed by atoms with Gasteiger partial charge in [0.05, 0.1) is 0 Å². The molecule has 0 radical (unpaired) electrons. The molecule has 7 nitrogen and oxygen atoms in total. The lowest BCUT2D eigenvalue weighted by molar-refractivity contribution is 0.0206. The first-order chi connectivity index (χ1) is 10.2. The number of anilines is 1. The third kappa shape index (κ3) is 4.62. The summed E-state index contributed by atoms with van der Waals surface area (Å²) in [5.74, 6) is 0. The van der Waals surface area contributed by atoms with Crippen molar-refractivity contribution in [2.24, 2.45) is 0 Å². The van der Waals surface area contributed by atoms with Crippen LogP contribution >= 0.6 is 11.6 Å². The van der Waals surface area contributed by atoms with E-state index in [9.17, 15) is 9.59 Å². The largest absolute Gasteiger partial charge is 0.444 e. The van der Waals surface area contributed by atoms with Crippen LogP contribution in [0.2, 0.25) is 5.15 Å². The van der Waals surface area contributed by atoms with Gasteiger partial charge in [0, 0.05) is 25.2 Å². The number of H-pyrrole nitrogens is 1. The van der Waals surface area contributed by atoms with Crippen LogP contribution in [0.25, 0.3) is 0 Å². The number of likely N-dealkylation sites (tertiary alicyclic amines) is 1. The molecule has 0 saturated carbocycles. The summed E-state index contributed by atoms with van der Waals surface area (Å²) in [5.41, 5.74) is -0.498. The number of hydrogen-bond acceptors (Lipinski definition) is 5. The highest BCUT2D eigenvalue weighted by Crippen LogP contribution is 2.18. The van der Waals surface area contributed by atoms with Crippen LogP contribution in [-0.4, -0.2) is 45.9 Å². The van der Waals surface area contributed by atoms with Crippen molar-refractivity contribution in [2.45, 2.75) is 45.3 Å². The second-order valence-electron chi connectivity index (χ2n) is 6.34. The molecule has 1 amide bonds. The molecule has 1 saturated heterocycles. The zero-order valence-electron chi connectivity index (χ0n) is 13.0. The van der Waals surface area contributed by atoms with E-state index < -0.39 is 5.60 Å². The Labute approximate surface area is 134 Å². The van der Waals surface area contributed by atoms with E-state index in [-0.39, 0.29) is 22.8 Å². The van der Waals surface area contributed by atoms with Crippen LogP contribution in [0.5, 0.6) is 0 Å². The van der Waals surface area contributed by atoms with E-state index in [0.717, 1.165) is 12.8 Å². The maximum Gasteiger partial charge on any atom is 0.410 e. The second kappa shape index (κ2) is 6.56. The van der Waals surface area contributed by atoms with Crippen molar-refractivity contribution in [3.8, 4) is 0 Å². The normalized spacial score (nSPS) is 18.9. The molecule has 1 aromatic rings. The molecule has 2 rings (SSSR count). The van der Waals surface area contributed by atoms with Crippen LogP contribution in [0.3, 0.4) is 0 Å². The van der Waals surface area contributed by atoms with E-state index in [1.807, 2.05) is 20.8 Å². The number of aromatic nitrogens is 2. The summed E-state index contributed by atoms with van der Waals surface area (Å²) >= 11 is 5.78. The number of hydrogen-bond donors (Lipinski definition) is 2. The maximum absolute atomic E-state index is 12.1. The van der Waals surface area contributed by atoms with E-state index in [1.54, 1.807) is 4.90 Å². The monoisotopic (exact) mass is 328 g/mol. The first-order valence-electron chi connectivity index (χ1n) is 7.24. The molecule has 22 heavy (non-hydrogen) atoms. The Morgan fingerprint density at radius 3 is 2.95 bits per heavy atom. The van der Waals surface area contributed by atoms with Gasteiger partial charge in [-0.2, -0.15) is 5.10 Å². The number of halogens is 1. The van der Waals surface area contributed by atoms with Crippen molar-refractivity contribution in [3.05, 3.63) is 21.6 Å². The predicted octanol–water partition coefficient (Wildman–Crippen LogP) is 2.23. The molecule has 0 aromatic carbocycles. The number of rotatable bonds is 2. The average molecular weight is 329 g/mol. The van der Waals surface area contributed by atoms with Gasteiger partial charge in [0.1, 0.15) is 11.3 Å². The zero-order valence-corrected chi connectivity index (χ0v) is 13.7. The topological polar surface area (TPSA) is 87.3 Å². The molecule has 0 aliphatic carbocycles. The van der Waals surface area contributed by atoms with Gasteiger partial charge in [-0.1, -0.05) is 11.6 Å². The molecule has 122 valence electrons. The minimum absolute atomic E-state index is 0.0270. The molecular weight excluding hydrogens is 308 g/mol. The average Bonchev–Trinajstić information content (AvgIpc) is 2.41. The second-order valence-corrected chi connectivity index (χ2v) is 6.73. The van der Waals surface area contributed by atoms with Crippen molar-refractivity contribution < 1.29 is 9.53 Å². The lowest BCUT2D eigenvalue weighted by Gasteiger charge is -2.34. The first-order valence-corrected chi connectivity index (χ1v) is 7.62. The molecule has 0 spiro atoms. The molecule has 1 fully saturated rings. The molecule has 1 atom stereocenters. The van der Waals surface area contributed by atoms with Crippen molar-refractivity contribution >= 4 is 23.4 Å². The lowest BCUT2D eigenvalue weighted by Crippen LogP contribution is -2.47. The van der Waals surface area contributed by atoms with Gasteiger partial charge in [-0.25, -0.2) is 9.89 Å². The van der Waals surface area contributed by atoms with Crippen LogP contribution < -0.4 is 10.9 Å². The fourth-order valence-corrected chi connectivity index (χ4v) is 2.45. The fraction of sp³-hybridized carbons (Fsp3) is 0.643. The zero-order chi connectivity index (χ0) is 16.3. The smallest absolute Gasteiger partial charge is 0.410 e. The summed E-state index contributed by atoms with van der Waals surface area (Å²) in [6.45, 7) is 6.64. The van der Waals surface area contributed by atoms with Gasteiger partial charge in [-0.3, -0.25) is 4.79 Å². The van der Waals surface area contributed by atoms with Crippen LogP contribution in [0.4, 0.5) is 10.5 Å². The quantitative estimate of drug-likeness (QED) is 0.869. The van der Waals surface area contributed by atoms with Crippen LogP contribution in [0.1, 0.15) is 33.6 Å². The molecule has 1 unspecified atom stereocenters. The standard InChI is InChI=1S/C14H21ClN4O3/c1-14(2,3)22-13(21)19-6-4-5-9(8-19)16-10-7-11(15)17-18-12(10)20/h7,9H,4-6,8H2,1-3H3,(H,16,17)(H,18,20). The predicted molar refractivity (Wildman–Crippen MR) is 84.3 cm³/mol. The SMILES string of the molecule is CC(C)(C)OC(=O)N1CCCC(Nc2cc(Cl)n[nH]c2=O)C1. The van der Waals surface area contributed by atoms with Gasteiger partial charge in [0.15, 0.2) is 5.15 Å². The van der Waals surface area contributed by atoms with Gasteiger partial charge in [-0.05, 0) is 33.6 Å². The number of carbonyl (C=O) groups is 1. The minimum atomic E-state index is -0.521. The molecule has 1 aliphatic heterocycles. The van der Waals surface area contributed by atoms with E-state index in [4.69, 9.17) is 16.3 Å². The number of nitrogens with one attached hydrogen (secondary N) is 2. The van der Waals surface area contributed by atoms with Crippen LogP contribution in [-0.2, 0) is 4.74 Å². The van der Waals surface area contributed by atoms with E-state index in [0.29, 0.717) is 18.8 Å². The van der Waals surface area contributed by atoms with Crippen molar-refractivity contribution in [1.29, 1.82) is 0 Å². The molecule has 0 bridgehead atoms. The van der Waals surface area contributed by atoms with Gasteiger partial charge in [0.2, 0.25) is 0 Å². The molecule has 8 heteroatoms. The Balaban J connectivity index is 2.00. The van der Waals surface area contributed by atoms with Crippen molar-refractivity contribution in [2.75, 3.05) is 18.4 Å². The van der Waals surface area contributed by atoms with Gasteiger partial charge < -0.3 is 15.0 Å². The Hall–Kier alpha value is -1.76. The Bertz CT molecular complexity index is 596. The van der Waals surface area contributed by atoms with E-state index in [1.165, 1.54) is 6.07 Å². The van der Waals surface area contributed by atoms with Crippen LogP contribution in [0.15, 0.2) is 10.9 Å². The third-order valence-electron chi connectivity index (χ3n) is 3.21. The van der Waals surface area contributed by atoms with Gasteiger partial charge >= 0.3 is 6.09 Å². The van der Waals surface area contributed by atoms with Gasteiger partial charge in [-0.15, -0.1) is 0 Å². The van der Waals surface area contributed by atoms with Crippen molar-refractivity contribution in [1.82, 2.24) is 15.1 Å². The first kappa shape index (κ1) is 16.6. The highest BCUT2D eigenvalue weighted by molar-refractivity contribution is 6.29. The van der Waals surface area contributed by atoms with Crippen molar-refractivity contribution in [3.63, 3.8) is 0 Å². The van der Waals surface area contributed by atoms with Gasteiger partial charge in [0.25, 0.3) is 5.56 Å². The van der Waals surface area contributed by atoms with E-state index >= 15 is 0 Å². The summed E-state index contributed by atoms with van der Waals surface area (Å²) in [4.78, 5) is 25.5. The number of carbonyl (C=O) groups excluding carboxylic acids is 1. The summed E-state index contributed by atoms with van der Waals surface area (Å²) in [7, 11) is 0. The molecule has 1 aromatic heterocycles. The Morgan fingerprint density at radius 1 is 1.55 bits per heavy atom. The molecule has 2 heterocycles. The maximum atomic E-state index is 12.1. The molecule has 2 N–H and O–H groups in total. The number of nitrogens with zero attached hydrogens (tertiary/aromatic N) is 2. The van der Waals surface area contributed by atoms with E-state index in [2.05, 4.69) is 15.5 Å². The molecule has 1 aliphatic rings. The Morgan fingerprint density at radius 2 is 2.27 bits per heavy atom. The minimum Gasteiger partial charge on any atom is -0.444 e. The summed E-state index contributed by atoms with van der Waals surface area (Å²) in [5, 5.41) is 9.27. The highest BCUT2D eigenvalue weighted by atomic mass is 35.5.